The minimum absolute atomic E-state index is 0.0647. The molecule has 0 heterocycles. The molecule has 130 valence electrons. The number of carbonyl (C=O) groups excluding carboxylic acids is 1. The fourth-order valence-electron chi connectivity index (χ4n) is 2.24. The number of aryl methyl sites for hydroxylation is 1. The van der Waals surface area contributed by atoms with Crippen molar-refractivity contribution in [1.82, 2.24) is 5.32 Å². The van der Waals surface area contributed by atoms with Gasteiger partial charge in [-0.05, 0) is 35.7 Å². The smallest absolute Gasteiger partial charge is 0.407 e. The molecule has 0 saturated carbocycles. The maximum atomic E-state index is 11.6. The van der Waals surface area contributed by atoms with E-state index in [1.165, 1.54) is 6.07 Å². The minimum atomic E-state index is -1.07. The van der Waals surface area contributed by atoms with Crippen molar-refractivity contribution >= 4 is 23.8 Å². The number of alkyl carbamates (subject to hydrolysis) is 1. The zero-order chi connectivity index (χ0) is 18.2. The number of carboxylic acids is 1. The normalized spacial score (nSPS) is 10.6. The van der Waals surface area contributed by atoms with Gasteiger partial charge in [0.25, 0.3) is 0 Å². The summed E-state index contributed by atoms with van der Waals surface area (Å²) in [6, 6.07) is 12.7. The third-order valence-corrected chi connectivity index (χ3v) is 3.46. The van der Waals surface area contributed by atoms with Gasteiger partial charge in [-0.2, -0.15) is 0 Å². The van der Waals surface area contributed by atoms with Crippen molar-refractivity contribution < 1.29 is 19.4 Å². The van der Waals surface area contributed by atoms with Gasteiger partial charge in [-0.1, -0.05) is 42.5 Å². The topological polar surface area (TPSA) is 102 Å². The Kier molecular flexibility index (Phi) is 6.17. The van der Waals surface area contributed by atoms with Gasteiger partial charge in [0, 0.05) is 6.54 Å². The molecule has 0 atom stereocenters. The van der Waals surface area contributed by atoms with Crippen LogP contribution >= 0.6 is 0 Å². The molecule has 2 aromatic carbocycles. The molecule has 0 radical (unpaired) electrons. The highest BCUT2D eigenvalue weighted by atomic mass is 16.5. The van der Waals surface area contributed by atoms with Crippen LogP contribution in [0.25, 0.3) is 6.08 Å². The lowest BCUT2D eigenvalue weighted by Gasteiger charge is -2.07. The van der Waals surface area contributed by atoms with Crippen molar-refractivity contribution in [3.05, 3.63) is 70.8 Å². The number of nitrogens with two attached hydrogens (primary N) is 1. The Balaban J connectivity index is 1.87. The van der Waals surface area contributed by atoms with Crippen LogP contribution in [0, 0.1) is 6.92 Å². The number of aromatic carboxylic acids is 1. The highest BCUT2D eigenvalue weighted by molar-refractivity contribution is 5.96. The zero-order valence-electron chi connectivity index (χ0n) is 13.9. The molecule has 1 amide bonds. The van der Waals surface area contributed by atoms with Crippen LogP contribution in [0.5, 0.6) is 0 Å². The van der Waals surface area contributed by atoms with Crippen LogP contribution in [-0.4, -0.2) is 23.7 Å². The van der Waals surface area contributed by atoms with E-state index in [-0.39, 0.29) is 24.4 Å². The van der Waals surface area contributed by atoms with Crippen LogP contribution in [0.1, 0.15) is 27.0 Å². The number of nitrogen functional groups attached to an aromatic ring is 1. The number of hydrogen-bond acceptors (Lipinski definition) is 4. The molecule has 0 fully saturated rings. The fourth-order valence-corrected chi connectivity index (χ4v) is 2.24. The SMILES string of the molecule is Cc1cc(C=CCNC(=O)OCc2ccccc2)c(N)c(C(=O)O)c1. The summed E-state index contributed by atoms with van der Waals surface area (Å²) in [4.78, 5) is 22.8. The van der Waals surface area contributed by atoms with Crippen molar-refractivity contribution in [2.24, 2.45) is 0 Å². The Morgan fingerprint density at radius 1 is 1.24 bits per heavy atom. The molecule has 0 spiro atoms. The van der Waals surface area contributed by atoms with Gasteiger partial charge in [0.1, 0.15) is 6.61 Å². The van der Waals surface area contributed by atoms with Gasteiger partial charge in [0.2, 0.25) is 0 Å². The van der Waals surface area contributed by atoms with Crippen LogP contribution in [0.15, 0.2) is 48.5 Å². The van der Waals surface area contributed by atoms with Crippen LogP contribution in [0.2, 0.25) is 0 Å². The number of benzene rings is 2. The Hall–Kier alpha value is -3.28. The molecular weight excluding hydrogens is 320 g/mol. The number of amides is 1. The molecule has 0 aliphatic rings. The molecule has 0 aliphatic carbocycles. The Bertz CT molecular complexity index is 786. The van der Waals surface area contributed by atoms with Crippen LogP contribution in [-0.2, 0) is 11.3 Å². The predicted octanol–water partition coefficient (Wildman–Crippen LogP) is 3.22. The Labute approximate surface area is 145 Å². The minimum Gasteiger partial charge on any atom is -0.478 e. The molecule has 0 aromatic heterocycles. The lowest BCUT2D eigenvalue weighted by atomic mass is 10.0. The number of ether oxygens (including phenoxy) is 1. The second-order valence-electron chi connectivity index (χ2n) is 5.47. The van der Waals surface area contributed by atoms with Gasteiger partial charge in [-0.25, -0.2) is 9.59 Å². The predicted molar refractivity (Wildman–Crippen MR) is 96.2 cm³/mol. The van der Waals surface area contributed by atoms with Crippen molar-refractivity contribution in [2.75, 3.05) is 12.3 Å². The largest absolute Gasteiger partial charge is 0.478 e. The number of nitrogens with one attached hydrogen (secondary N) is 1. The maximum absolute atomic E-state index is 11.6. The summed E-state index contributed by atoms with van der Waals surface area (Å²) in [6.45, 7) is 2.23. The Morgan fingerprint density at radius 2 is 1.96 bits per heavy atom. The van der Waals surface area contributed by atoms with E-state index >= 15 is 0 Å². The maximum Gasteiger partial charge on any atom is 0.407 e. The van der Waals surface area contributed by atoms with Gasteiger partial charge in [-0.15, -0.1) is 0 Å². The molecule has 0 bridgehead atoms. The van der Waals surface area contributed by atoms with Crippen LogP contribution < -0.4 is 11.1 Å². The molecular formula is C19H20N2O4. The van der Waals surface area contributed by atoms with E-state index in [4.69, 9.17) is 15.6 Å². The quantitative estimate of drug-likeness (QED) is 0.701. The number of anilines is 1. The average Bonchev–Trinajstić information content (AvgIpc) is 2.60. The first kappa shape index (κ1) is 18.1. The number of carboxylic acid groups (broad SMARTS) is 1. The summed E-state index contributed by atoms with van der Waals surface area (Å²) < 4.78 is 5.09. The monoisotopic (exact) mass is 340 g/mol. The number of carbonyl (C=O) groups is 2. The molecule has 6 nitrogen and oxygen atoms in total. The average molecular weight is 340 g/mol. The molecule has 2 aromatic rings. The summed E-state index contributed by atoms with van der Waals surface area (Å²) >= 11 is 0. The number of rotatable bonds is 6. The first-order valence-electron chi connectivity index (χ1n) is 7.72. The van der Waals surface area contributed by atoms with E-state index in [9.17, 15) is 9.59 Å². The van der Waals surface area contributed by atoms with Crippen molar-refractivity contribution in [3.8, 4) is 0 Å². The summed E-state index contributed by atoms with van der Waals surface area (Å²) in [5.74, 6) is -1.07. The molecule has 4 N–H and O–H groups in total. The highest BCUT2D eigenvalue weighted by Gasteiger charge is 2.11. The second-order valence-corrected chi connectivity index (χ2v) is 5.47. The first-order chi connectivity index (χ1) is 12.0. The molecule has 0 saturated heterocycles. The van der Waals surface area contributed by atoms with Crippen molar-refractivity contribution in [1.29, 1.82) is 0 Å². The summed E-state index contributed by atoms with van der Waals surface area (Å²) in [5, 5.41) is 11.7. The van der Waals surface area contributed by atoms with Crippen LogP contribution in [0.4, 0.5) is 10.5 Å². The van der Waals surface area contributed by atoms with Gasteiger partial charge >= 0.3 is 12.1 Å². The zero-order valence-corrected chi connectivity index (χ0v) is 13.9. The van der Waals surface area contributed by atoms with Gasteiger partial charge in [0.15, 0.2) is 0 Å². The molecule has 0 unspecified atom stereocenters. The molecule has 0 aliphatic heterocycles. The van der Waals surface area contributed by atoms with Gasteiger partial charge < -0.3 is 20.9 Å². The molecule has 6 heteroatoms. The molecule has 2 rings (SSSR count). The van der Waals surface area contributed by atoms with Crippen molar-refractivity contribution in [2.45, 2.75) is 13.5 Å². The van der Waals surface area contributed by atoms with E-state index < -0.39 is 12.1 Å². The van der Waals surface area contributed by atoms with Gasteiger partial charge in [-0.3, -0.25) is 0 Å². The fraction of sp³-hybridized carbons (Fsp3) is 0.158. The van der Waals surface area contributed by atoms with Gasteiger partial charge in [0.05, 0.1) is 11.3 Å². The van der Waals surface area contributed by atoms with Crippen LogP contribution in [0.3, 0.4) is 0 Å². The van der Waals surface area contributed by atoms with E-state index in [1.807, 2.05) is 30.3 Å². The lowest BCUT2D eigenvalue weighted by Crippen LogP contribution is -2.24. The third kappa shape index (κ3) is 5.39. The third-order valence-electron chi connectivity index (χ3n) is 3.46. The summed E-state index contributed by atoms with van der Waals surface area (Å²) in [7, 11) is 0. The second kappa shape index (κ2) is 8.54. The van der Waals surface area contributed by atoms with E-state index in [0.29, 0.717) is 5.56 Å². The summed E-state index contributed by atoms with van der Waals surface area (Å²) in [6.07, 6.45) is 2.82. The van der Waals surface area contributed by atoms with E-state index in [1.54, 1.807) is 25.1 Å². The van der Waals surface area contributed by atoms with E-state index in [0.717, 1.165) is 11.1 Å². The first-order valence-corrected chi connectivity index (χ1v) is 7.72. The standard InChI is InChI=1S/C19H20N2O4/c1-13-10-15(17(20)16(11-13)18(22)23)8-5-9-21-19(24)25-12-14-6-3-2-4-7-14/h2-8,10-11H,9,12,20H2,1H3,(H,21,24)(H,22,23). The summed E-state index contributed by atoms with van der Waals surface area (Å²) in [5.41, 5.74) is 8.42. The Morgan fingerprint density at radius 3 is 2.64 bits per heavy atom. The van der Waals surface area contributed by atoms with Crippen molar-refractivity contribution in [3.63, 3.8) is 0 Å². The van der Waals surface area contributed by atoms with E-state index in [2.05, 4.69) is 5.32 Å². The number of hydrogen-bond donors (Lipinski definition) is 3. The highest BCUT2D eigenvalue weighted by Crippen LogP contribution is 2.21. The molecule has 25 heavy (non-hydrogen) atoms. The lowest BCUT2D eigenvalue weighted by molar-refractivity contribution is 0.0698.